The molecule has 0 atom stereocenters. The fraction of sp³-hybridized carbons (Fsp3) is 0.0526. The number of alkyl halides is 3. The van der Waals surface area contributed by atoms with E-state index in [0.717, 1.165) is 61.2 Å². The number of pyridine rings is 1. The van der Waals surface area contributed by atoms with Crippen LogP contribution >= 0.6 is 0 Å². The molecular formula is C38H23F3N4. The molecule has 0 aliphatic carbocycles. The van der Waals surface area contributed by atoms with Crippen molar-refractivity contribution in [1.82, 2.24) is 14.1 Å². The number of benzene rings is 5. The number of nitriles is 1. The first-order chi connectivity index (χ1) is 21.8. The number of nitrogens with zero attached hydrogens (tertiary/aromatic N) is 4. The van der Waals surface area contributed by atoms with Crippen molar-refractivity contribution in [3.05, 3.63) is 138 Å². The minimum Gasteiger partial charge on any atom is -0.307 e. The average molecular weight is 593 g/mol. The van der Waals surface area contributed by atoms with E-state index in [1.165, 1.54) is 6.07 Å². The summed E-state index contributed by atoms with van der Waals surface area (Å²) in [6.45, 7) is 2.05. The molecule has 216 valence electrons. The zero-order chi connectivity index (χ0) is 30.9. The van der Waals surface area contributed by atoms with Crippen molar-refractivity contribution in [2.75, 3.05) is 0 Å². The predicted octanol–water partition coefficient (Wildman–Crippen LogP) is 10.1. The van der Waals surface area contributed by atoms with E-state index in [0.29, 0.717) is 22.2 Å². The molecule has 0 N–H and O–H groups in total. The third-order valence-corrected chi connectivity index (χ3v) is 8.52. The van der Waals surface area contributed by atoms with Gasteiger partial charge in [-0.05, 0) is 60.5 Å². The molecule has 0 fully saturated rings. The first-order valence-electron chi connectivity index (χ1n) is 14.4. The third-order valence-electron chi connectivity index (χ3n) is 8.52. The summed E-state index contributed by atoms with van der Waals surface area (Å²) < 4.78 is 46.2. The zero-order valence-corrected chi connectivity index (χ0v) is 24.0. The van der Waals surface area contributed by atoms with Crippen LogP contribution in [-0.4, -0.2) is 14.1 Å². The van der Waals surface area contributed by atoms with Crippen LogP contribution in [0.2, 0.25) is 0 Å². The van der Waals surface area contributed by atoms with Gasteiger partial charge < -0.3 is 9.13 Å². The van der Waals surface area contributed by atoms with Crippen LogP contribution in [0.15, 0.2) is 122 Å². The molecule has 3 heterocycles. The Morgan fingerprint density at radius 3 is 1.73 bits per heavy atom. The Morgan fingerprint density at radius 2 is 1.16 bits per heavy atom. The van der Waals surface area contributed by atoms with Crippen LogP contribution in [0.25, 0.3) is 66.1 Å². The third kappa shape index (κ3) is 4.10. The molecule has 5 aromatic carbocycles. The van der Waals surface area contributed by atoms with Crippen molar-refractivity contribution in [2.24, 2.45) is 0 Å². The minimum atomic E-state index is -4.51. The summed E-state index contributed by atoms with van der Waals surface area (Å²) in [7, 11) is 0. The van der Waals surface area contributed by atoms with E-state index in [1.54, 1.807) is 30.6 Å². The van der Waals surface area contributed by atoms with Crippen LogP contribution < -0.4 is 0 Å². The highest BCUT2D eigenvalue weighted by atomic mass is 19.4. The second-order valence-electron chi connectivity index (χ2n) is 11.2. The number of para-hydroxylation sites is 2. The topological polar surface area (TPSA) is 46.5 Å². The van der Waals surface area contributed by atoms with Gasteiger partial charge in [0.2, 0.25) is 0 Å². The smallest absolute Gasteiger partial charge is 0.307 e. The summed E-state index contributed by atoms with van der Waals surface area (Å²) in [5.41, 5.74) is 7.02. The fourth-order valence-corrected chi connectivity index (χ4v) is 6.53. The molecule has 0 bridgehead atoms. The number of hydrogen-bond donors (Lipinski definition) is 0. The van der Waals surface area contributed by atoms with E-state index >= 15 is 0 Å². The van der Waals surface area contributed by atoms with E-state index in [4.69, 9.17) is 4.98 Å². The molecule has 0 unspecified atom stereocenters. The number of hydrogen-bond acceptors (Lipinski definition) is 2. The van der Waals surface area contributed by atoms with Crippen molar-refractivity contribution < 1.29 is 13.2 Å². The lowest BCUT2D eigenvalue weighted by Crippen LogP contribution is -2.07. The molecule has 3 aromatic heterocycles. The van der Waals surface area contributed by atoms with Gasteiger partial charge in [-0.1, -0.05) is 66.7 Å². The molecule has 0 saturated carbocycles. The van der Waals surface area contributed by atoms with E-state index in [1.807, 2.05) is 60.0 Å². The summed E-state index contributed by atoms with van der Waals surface area (Å²) >= 11 is 0. The fourth-order valence-electron chi connectivity index (χ4n) is 6.53. The van der Waals surface area contributed by atoms with Crippen LogP contribution in [0.4, 0.5) is 13.2 Å². The normalized spacial score (nSPS) is 12.0. The van der Waals surface area contributed by atoms with Gasteiger partial charge in [0.05, 0.1) is 63.0 Å². The Morgan fingerprint density at radius 1 is 0.622 bits per heavy atom. The maximum absolute atomic E-state index is 14.0. The van der Waals surface area contributed by atoms with Crippen LogP contribution in [0, 0.1) is 18.3 Å². The zero-order valence-electron chi connectivity index (χ0n) is 24.0. The van der Waals surface area contributed by atoms with E-state index < -0.39 is 11.7 Å². The number of rotatable bonds is 3. The molecule has 0 spiro atoms. The number of aryl methyl sites for hydroxylation is 1. The highest BCUT2D eigenvalue weighted by Gasteiger charge is 2.31. The maximum Gasteiger partial charge on any atom is 0.416 e. The number of fused-ring (bicyclic) bond motifs is 6. The van der Waals surface area contributed by atoms with Gasteiger partial charge in [0.15, 0.2) is 0 Å². The molecule has 0 amide bonds. The first-order valence-corrected chi connectivity index (χ1v) is 14.4. The number of aromatic nitrogens is 3. The van der Waals surface area contributed by atoms with Gasteiger partial charge in [-0.15, -0.1) is 0 Å². The highest BCUT2D eigenvalue weighted by molar-refractivity contribution is 6.12. The van der Waals surface area contributed by atoms with Crippen LogP contribution in [0.3, 0.4) is 0 Å². The monoisotopic (exact) mass is 592 g/mol. The second-order valence-corrected chi connectivity index (χ2v) is 11.2. The number of halogens is 3. The van der Waals surface area contributed by atoms with Crippen molar-refractivity contribution in [1.29, 1.82) is 5.26 Å². The lowest BCUT2D eigenvalue weighted by molar-refractivity contribution is -0.137. The maximum atomic E-state index is 14.0. The Hall–Kier alpha value is -5.87. The molecule has 0 saturated heterocycles. The van der Waals surface area contributed by atoms with Crippen molar-refractivity contribution >= 4 is 43.6 Å². The second kappa shape index (κ2) is 9.83. The van der Waals surface area contributed by atoms with Gasteiger partial charge in [0.25, 0.3) is 0 Å². The highest BCUT2D eigenvalue weighted by Crippen LogP contribution is 2.42. The van der Waals surface area contributed by atoms with Crippen LogP contribution in [0.1, 0.15) is 16.7 Å². The lowest BCUT2D eigenvalue weighted by Gasteiger charge is -2.20. The van der Waals surface area contributed by atoms with E-state index in [9.17, 15) is 18.4 Å². The summed E-state index contributed by atoms with van der Waals surface area (Å²) in [4.78, 5) is 4.72. The molecular weight excluding hydrogens is 569 g/mol. The van der Waals surface area contributed by atoms with Crippen molar-refractivity contribution in [3.63, 3.8) is 0 Å². The average Bonchev–Trinajstić information content (AvgIpc) is 3.56. The van der Waals surface area contributed by atoms with Gasteiger partial charge in [-0.3, -0.25) is 4.98 Å². The van der Waals surface area contributed by atoms with Gasteiger partial charge in [0, 0.05) is 27.1 Å². The Bertz CT molecular complexity index is 2490. The molecule has 0 radical (unpaired) electrons. The summed E-state index contributed by atoms with van der Waals surface area (Å²) in [6, 6.07) is 35.5. The summed E-state index contributed by atoms with van der Waals surface area (Å²) in [5, 5.41) is 13.2. The first kappa shape index (κ1) is 26.7. The Kier molecular flexibility index (Phi) is 5.84. The SMILES string of the molecule is Cc1ccc2c3ccccc3n(-c3cncc(-n4c5ccccc5c5ccc(C(F)(F)F)cc54)c3-c3ccc(C#N)cc3)c2c1. The molecule has 0 aliphatic rings. The Labute approximate surface area is 255 Å². The standard InChI is InChI=1S/C38H23F3N4/c1-23-10-16-29-27-6-2-4-8-31(27)44(33(29)18-23)35-21-43-22-36(37(35)25-13-11-24(20-42)12-14-25)45-32-9-5-3-7-28(32)30-17-15-26(19-34(30)45)38(39,40)41/h2-19,21-22H,1H3. The summed E-state index contributed by atoms with van der Waals surface area (Å²) in [5.74, 6) is 0. The predicted molar refractivity (Wildman–Crippen MR) is 173 cm³/mol. The van der Waals surface area contributed by atoms with Gasteiger partial charge >= 0.3 is 6.18 Å². The molecule has 45 heavy (non-hydrogen) atoms. The molecule has 0 aliphatic heterocycles. The van der Waals surface area contributed by atoms with Crippen molar-refractivity contribution in [3.8, 4) is 28.6 Å². The molecule has 7 heteroatoms. The van der Waals surface area contributed by atoms with E-state index in [2.05, 4.69) is 41.0 Å². The minimum absolute atomic E-state index is 0.429. The van der Waals surface area contributed by atoms with Gasteiger partial charge in [0.1, 0.15) is 0 Å². The van der Waals surface area contributed by atoms with E-state index in [-0.39, 0.29) is 0 Å². The molecule has 4 nitrogen and oxygen atoms in total. The van der Waals surface area contributed by atoms with Crippen LogP contribution in [0.5, 0.6) is 0 Å². The molecule has 8 rings (SSSR count). The van der Waals surface area contributed by atoms with Gasteiger partial charge in [-0.25, -0.2) is 0 Å². The van der Waals surface area contributed by atoms with Crippen molar-refractivity contribution in [2.45, 2.75) is 13.1 Å². The quantitative estimate of drug-likeness (QED) is 0.205. The Balaban J connectivity index is 1.55. The van der Waals surface area contributed by atoms with Gasteiger partial charge in [-0.2, -0.15) is 18.4 Å². The van der Waals surface area contributed by atoms with Crippen LogP contribution in [-0.2, 0) is 6.18 Å². The lowest BCUT2D eigenvalue weighted by atomic mass is 10.0. The summed E-state index contributed by atoms with van der Waals surface area (Å²) in [6.07, 6.45) is -0.991. The molecule has 8 aromatic rings. The largest absolute Gasteiger partial charge is 0.416 e.